The second-order valence-corrected chi connectivity index (χ2v) is 4.18. The van der Waals surface area contributed by atoms with Crippen LogP contribution in [0, 0.1) is 11.8 Å². The molecule has 2 aromatic rings. The van der Waals surface area contributed by atoms with Gasteiger partial charge in [0.15, 0.2) is 0 Å². The quantitative estimate of drug-likeness (QED) is 0.880. The summed E-state index contributed by atoms with van der Waals surface area (Å²) < 4.78 is 26.2. The van der Waals surface area contributed by atoms with Gasteiger partial charge in [0.25, 0.3) is 5.91 Å². The molecule has 1 amide bonds. The third kappa shape index (κ3) is 3.26. The molecule has 1 aromatic carbocycles. The van der Waals surface area contributed by atoms with E-state index in [4.69, 9.17) is 11.6 Å². The van der Waals surface area contributed by atoms with Crippen molar-refractivity contribution in [3.8, 4) is 0 Å². The Balaban J connectivity index is 2.04. The van der Waals surface area contributed by atoms with E-state index in [0.29, 0.717) is 5.56 Å². The molecule has 0 spiro atoms. The highest BCUT2D eigenvalue weighted by Crippen LogP contribution is 2.16. The molecule has 0 fully saturated rings. The van der Waals surface area contributed by atoms with Gasteiger partial charge in [-0.2, -0.15) is 4.39 Å². The first kappa shape index (κ1) is 13.4. The van der Waals surface area contributed by atoms with Crippen molar-refractivity contribution in [2.24, 2.45) is 0 Å². The van der Waals surface area contributed by atoms with Gasteiger partial charge in [0.2, 0.25) is 5.95 Å². The summed E-state index contributed by atoms with van der Waals surface area (Å²) in [6.45, 7) is 0.118. The normalized spacial score (nSPS) is 10.3. The number of rotatable bonds is 3. The van der Waals surface area contributed by atoms with Gasteiger partial charge in [-0.1, -0.05) is 17.7 Å². The smallest absolute Gasteiger partial charge is 0.256 e. The molecular formula is C13H9ClF2N2O. The van der Waals surface area contributed by atoms with E-state index in [2.05, 4.69) is 10.3 Å². The fourth-order valence-electron chi connectivity index (χ4n) is 1.48. The first-order valence-electron chi connectivity index (χ1n) is 5.40. The Morgan fingerprint density at radius 1 is 1.32 bits per heavy atom. The molecule has 1 heterocycles. The highest BCUT2D eigenvalue weighted by atomic mass is 35.5. The zero-order chi connectivity index (χ0) is 13.8. The van der Waals surface area contributed by atoms with Crippen LogP contribution in [0.15, 0.2) is 36.5 Å². The Labute approximate surface area is 113 Å². The average Bonchev–Trinajstić information content (AvgIpc) is 2.40. The van der Waals surface area contributed by atoms with Gasteiger partial charge in [-0.3, -0.25) is 4.79 Å². The molecule has 0 unspecified atom stereocenters. The van der Waals surface area contributed by atoms with Gasteiger partial charge >= 0.3 is 0 Å². The molecule has 0 aliphatic rings. The number of aromatic nitrogens is 1. The summed E-state index contributed by atoms with van der Waals surface area (Å²) >= 11 is 5.61. The lowest BCUT2D eigenvalue weighted by Crippen LogP contribution is -2.24. The van der Waals surface area contributed by atoms with E-state index in [9.17, 15) is 13.6 Å². The zero-order valence-corrected chi connectivity index (χ0v) is 10.4. The summed E-state index contributed by atoms with van der Waals surface area (Å²) in [7, 11) is 0. The van der Waals surface area contributed by atoms with Crippen molar-refractivity contribution < 1.29 is 13.6 Å². The molecule has 19 heavy (non-hydrogen) atoms. The molecule has 0 saturated carbocycles. The maximum atomic E-state index is 13.2. The Morgan fingerprint density at radius 3 is 2.79 bits per heavy atom. The van der Waals surface area contributed by atoms with Crippen LogP contribution in [0.5, 0.6) is 0 Å². The summed E-state index contributed by atoms with van der Waals surface area (Å²) in [4.78, 5) is 15.1. The van der Waals surface area contributed by atoms with Crippen molar-refractivity contribution in [1.29, 1.82) is 0 Å². The predicted octanol–water partition coefficient (Wildman–Crippen LogP) is 2.94. The SMILES string of the molecule is O=C(NCc1ccc(F)c(Cl)c1)c1cccnc1F. The number of hydrogen-bond acceptors (Lipinski definition) is 2. The number of pyridine rings is 1. The van der Waals surface area contributed by atoms with Crippen LogP contribution in [0.2, 0.25) is 5.02 Å². The minimum absolute atomic E-state index is 0.0284. The standard InChI is InChI=1S/C13H9ClF2N2O/c14-10-6-8(3-4-11(10)15)7-18-13(19)9-2-1-5-17-12(9)16/h1-6H,7H2,(H,18,19). The Morgan fingerprint density at radius 2 is 2.11 bits per heavy atom. The molecule has 1 N–H and O–H groups in total. The van der Waals surface area contributed by atoms with Crippen LogP contribution in [0.1, 0.15) is 15.9 Å². The van der Waals surface area contributed by atoms with Crippen molar-refractivity contribution >= 4 is 17.5 Å². The molecule has 0 atom stereocenters. The van der Waals surface area contributed by atoms with Crippen LogP contribution in [0.4, 0.5) is 8.78 Å². The van der Waals surface area contributed by atoms with Gasteiger partial charge in [0.1, 0.15) is 5.82 Å². The summed E-state index contributed by atoms with van der Waals surface area (Å²) in [5.41, 5.74) is 0.472. The van der Waals surface area contributed by atoms with Crippen molar-refractivity contribution in [3.63, 3.8) is 0 Å². The number of nitrogens with zero attached hydrogens (tertiary/aromatic N) is 1. The monoisotopic (exact) mass is 282 g/mol. The average molecular weight is 283 g/mol. The topological polar surface area (TPSA) is 42.0 Å². The van der Waals surface area contributed by atoms with E-state index in [0.717, 1.165) is 0 Å². The van der Waals surface area contributed by atoms with E-state index in [1.165, 1.54) is 36.5 Å². The summed E-state index contributed by atoms with van der Waals surface area (Å²) in [5.74, 6) is -1.96. The molecule has 0 aliphatic heterocycles. The zero-order valence-electron chi connectivity index (χ0n) is 9.66. The van der Waals surface area contributed by atoms with Crippen molar-refractivity contribution in [2.45, 2.75) is 6.54 Å². The summed E-state index contributed by atoms with van der Waals surface area (Å²) in [6.07, 6.45) is 1.26. The number of nitrogens with one attached hydrogen (secondary N) is 1. The van der Waals surface area contributed by atoms with Crippen LogP contribution in [-0.2, 0) is 6.54 Å². The molecule has 0 aliphatic carbocycles. The number of amides is 1. The third-order valence-corrected chi connectivity index (χ3v) is 2.73. The van der Waals surface area contributed by atoms with Gasteiger partial charge in [-0.25, -0.2) is 9.37 Å². The predicted molar refractivity (Wildman–Crippen MR) is 66.8 cm³/mol. The fourth-order valence-corrected chi connectivity index (χ4v) is 1.69. The van der Waals surface area contributed by atoms with Crippen LogP contribution >= 0.6 is 11.6 Å². The molecular weight excluding hydrogens is 274 g/mol. The first-order chi connectivity index (χ1) is 9.08. The number of benzene rings is 1. The maximum Gasteiger partial charge on any atom is 0.256 e. The Kier molecular flexibility index (Phi) is 4.06. The lowest BCUT2D eigenvalue weighted by molar-refractivity contribution is 0.0946. The van der Waals surface area contributed by atoms with Crippen molar-refractivity contribution in [2.75, 3.05) is 0 Å². The number of carbonyl (C=O) groups is 1. The molecule has 1 aromatic heterocycles. The van der Waals surface area contributed by atoms with Gasteiger partial charge in [0.05, 0.1) is 10.6 Å². The highest BCUT2D eigenvalue weighted by Gasteiger charge is 2.11. The fraction of sp³-hybridized carbons (Fsp3) is 0.0769. The second kappa shape index (κ2) is 5.75. The number of carbonyl (C=O) groups excluding carboxylic acids is 1. The Bertz CT molecular complexity index is 619. The van der Waals surface area contributed by atoms with Crippen molar-refractivity contribution in [3.05, 3.63) is 64.4 Å². The molecule has 6 heteroatoms. The van der Waals surface area contributed by atoms with Crippen molar-refractivity contribution in [1.82, 2.24) is 10.3 Å². The van der Waals surface area contributed by atoms with E-state index < -0.39 is 17.7 Å². The lowest BCUT2D eigenvalue weighted by atomic mass is 10.2. The third-order valence-electron chi connectivity index (χ3n) is 2.44. The largest absolute Gasteiger partial charge is 0.348 e. The first-order valence-corrected chi connectivity index (χ1v) is 5.78. The summed E-state index contributed by atoms with van der Waals surface area (Å²) in [5, 5.41) is 2.47. The molecule has 0 saturated heterocycles. The summed E-state index contributed by atoms with van der Waals surface area (Å²) in [6, 6.07) is 6.88. The lowest BCUT2D eigenvalue weighted by Gasteiger charge is -2.06. The van der Waals surface area contributed by atoms with Gasteiger partial charge < -0.3 is 5.32 Å². The van der Waals surface area contributed by atoms with E-state index in [1.807, 2.05) is 0 Å². The van der Waals surface area contributed by atoms with E-state index >= 15 is 0 Å². The van der Waals surface area contributed by atoms with Crippen LogP contribution < -0.4 is 5.32 Å². The minimum atomic E-state index is -0.836. The van der Waals surface area contributed by atoms with Crippen LogP contribution in [0.25, 0.3) is 0 Å². The van der Waals surface area contributed by atoms with E-state index in [-0.39, 0.29) is 17.1 Å². The van der Waals surface area contributed by atoms with Crippen LogP contribution in [0.3, 0.4) is 0 Å². The molecule has 0 bridgehead atoms. The molecule has 2 rings (SSSR count). The molecule has 0 radical (unpaired) electrons. The Hall–Kier alpha value is -2.01. The minimum Gasteiger partial charge on any atom is -0.348 e. The van der Waals surface area contributed by atoms with Gasteiger partial charge in [-0.15, -0.1) is 0 Å². The van der Waals surface area contributed by atoms with Gasteiger partial charge in [-0.05, 0) is 29.8 Å². The number of halogens is 3. The maximum absolute atomic E-state index is 13.2. The number of hydrogen-bond donors (Lipinski definition) is 1. The second-order valence-electron chi connectivity index (χ2n) is 3.77. The van der Waals surface area contributed by atoms with E-state index in [1.54, 1.807) is 0 Å². The van der Waals surface area contributed by atoms with Crippen LogP contribution in [-0.4, -0.2) is 10.9 Å². The van der Waals surface area contributed by atoms with Gasteiger partial charge in [0, 0.05) is 12.7 Å². The molecule has 3 nitrogen and oxygen atoms in total. The highest BCUT2D eigenvalue weighted by molar-refractivity contribution is 6.30. The molecule has 98 valence electrons.